The topological polar surface area (TPSA) is 129 Å². The highest BCUT2D eigenvalue weighted by atomic mass is 16.5. The number of benzene rings is 4. The maximum Gasteiger partial charge on any atom is 0.379 e. The highest BCUT2D eigenvalue weighted by Crippen LogP contribution is 2.26. The summed E-state index contributed by atoms with van der Waals surface area (Å²) >= 11 is 0. The largest absolute Gasteiger partial charge is 0.508 e. The van der Waals surface area contributed by atoms with Gasteiger partial charge >= 0.3 is 11.9 Å². The molecule has 46 heavy (non-hydrogen) atoms. The number of Topliss-reactive ketones (excluding diaryl/α,β-unsaturated/α-hetero) is 1. The van der Waals surface area contributed by atoms with Gasteiger partial charge in [0.1, 0.15) is 23.0 Å². The van der Waals surface area contributed by atoms with Gasteiger partial charge in [0.2, 0.25) is 5.78 Å². The molecule has 0 spiro atoms. The molecule has 0 atom stereocenters. The van der Waals surface area contributed by atoms with Crippen LogP contribution in [0.25, 0.3) is 22.3 Å². The fourth-order valence-electron chi connectivity index (χ4n) is 3.83. The monoisotopic (exact) mass is 626 g/mol. The molecule has 0 bridgehead atoms. The average Bonchev–Trinajstić information content (AvgIpc) is 3.06. The molecule has 0 saturated heterocycles. The van der Waals surface area contributed by atoms with Gasteiger partial charge in [0.05, 0.1) is 19.8 Å². The molecule has 2 N–H and O–H groups in total. The van der Waals surface area contributed by atoms with E-state index in [9.17, 15) is 19.5 Å². The minimum absolute atomic E-state index is 0.144. The molecule has 0 aliphatic carbocycles. The second-order valence-corrected chi connectivity index (χ2v) is 10.1. The Bertz CT molecular complexity index is 1560. The molecule has 9 nitrogen and oxygen atoms in total. The minimum Gasteiger partial charge on any atom is -0.508 e. The second-order valence-electron chi connectivity index (χ2n) is 10.1. The van der Waals surface area contributed by atoms with Crippen LogP contribution in [0.2, 0.25) is 0 Å². The standard InChI is InChI=1S/C22H22O6.C15H16O3/c1-15(2)21(24)27-14-4-13-26-19-9-5-17(6-10-19)18-7-11-20(12-8-18)28-22(25)16(3)23;16-10-1-11-18-15-8-4-13(5-9-15)12-2-6-14(17)7-3-12/h5-12H,1,4,13-14H2,2-3H3;2-9,16-17H,1,10-11H2. The number of carbonyl (C=O) groups excluding carboxylic acids is 3. The molecule has 0 fully saturated rings. The lowest BCUT2D eigenvalue weighted by atomic mass is 10.1. The van der Waals surface area contributed by atoms with Crippen LogP contribution < -0.4 is 14.2 Å². The van der Waals surface area contributed by atoms with E-state index in [-0.39, 0.29) is 19.0 Å². The summed E-state index contributed by atoms with van der Waals surface area (Å²) in [6, 6.07) is 29.2. The van der Waals surface area contributed by atoms with Crippen molar-refractivity contribution in [3.63, 3.8) is 0 Å². The van der Waals surface area contributed by atoms with Crippen molar-refractivity contribution in [2.45, 2.75) is 26.7 Å². The Kier molecular flexibility index (Phi) is 14.0. The van der Waals surface area contributed by atoms with E-state index < -0.39 is 17.7 Å². The third-order valence-corrected chi connectivity index (χ3v) is 6.31. The molecule has 0 heterocycles. The van der Waals surface area contributed by atoms with E-state index in [0.29, 0.717) is 43.1 Å². The van der Waals surface area contributed by atoms with Crippen molar-refractivity contribution in [3.05, 3.63) is 109 Å². The molecule has 4 rings (SSSR count). The number of aliphatic hydroxyl groups excluding tert-OH is 1. The Hall–Kier alpha value is -5.41. The predicted octanol–water partition coefficient (Wildman–Crippen LogP) is 6.56. The quantitative estimate of drug-likeness (QED) is 0.0526. The van der Waals surface area contributed by atoms with Crippen LogP contribution in [0.15, 0.2) is 109 Å². The molecular formula is C37H38O9. The molecule has 0 saturated carbocycles. The summed E-state index contributed by atoms with van der Waals surface area (Å²) in [6.07, 6.45) is 1.22. The fraction of sp³-hybridized carbons (Fsp3) is 0.216. The summed E-state index contributed by atoms with van der Waals surface area (Å²) in [5.74, 6) is 0.163. The first kappa shape index (κ1) is 35.1. The molecule has 0 amide bonds. The number of ether oxygens (including phenoxy) is 4. The fourth-order valence-corrected chi connectivity index (χ4v) is 3.83. The first-order valence-electron chi connectivity index (χ1n) is 14.7. The van der Waals surface area contributed by atoms with Crippen LogP contribution in [0.1, 0.15) is 26.7 Å². The van der Waals surface area contributed by atoms with Crippen LogP contribution in [-0.4, -0.2) is 54.4 Å². The van der Waals surface area contributed by atoms with Crippen LogP contribution in [-0.2, 0) is 19.1 Å². The van der Waals surface area contributed by atoms with Gasteiger partial charge in [-0.25, -0.2) is 9.59 Å². The maximum absolute atomic E-state index is 11.3. The maximum atomic E-state index is 11.3. The molecule has 0 aliphatic heterocycles. The molecular weight excluding hydrogens is 588 g/mol. The van der Waals surface area contributed by atoms with E-state index in [1.807, 2.05) is 60.7 Å². The van der Waals surface area contributed by atoms with Crippen LogP contribution in [0.3, 0.4) is 0 Å². The van der Waals surface area contributed by atoms with Crippen molar-refractivity contribution in [1.29, 1.82) is 0 Å². The molecule has 0 aliphatic rings. The minimum atomic E-state index is -0.886. The molecule has 9 heteroatoms. The van der Waals surface area contributed by atoms with Crippen molar-refractivity contribution in [3.8, 4) is 45.3 Å². The number of carbonyl (C=O) groups is 3. The molecule has 4 aromatic rings. The molecule has 0 unspecified atom stereocenters. The number of aliphatic hydroxyl groups is 1. The summed E-state index contributed by atoms with van der Waals surface area (Å²) in [7, 11) is 0. The van der Waals surface area contributed by atoms with Gasteiger partial charge in [0.15, 0.2) is 0 Å². The lowest BCUT2D eigenvalue weighted by molar-refractivity contribution is -0.146. The molecule has 0 aromatic heterocycles. The molecule has 240 valence electrons. The summed E-state index contributed by atoms with van der Waals surface area (Å²) in [5.41, 5.74) is 4.40. The Morgan fingerprint density at radius 2 is 1.00 bits per heavy atom. The summed E-state index contributed by atoms with van der Waals surface area (Å²) in [6.45, 7) is 7.66. The van der Waals surface area contributed by atoms with Crippen LogP contribution in [0.4, 0.5) is 0 Å². The predicted molar refractivity (Wildman–Crippen MR) is 175 cm³/mol. The van der Waals surface area contributed by atoms with Gasteiger partial charge in [-0.05, 0) is 77.7 Å². The van der Waals surface area contributed by atoms with E-state index in [1.54, 1.807) is 43.3 Å². The number of ketones is 1. The van der Waals surface area contributed by atoms with Gasteiger partial charge < -0.3 is 29.2 Å². The van der Waals surface area contributed by atoms with Crippen molar-refractivity contribution in [1.82, 2.24) is 0 Å². The number of phenolic OH excluding ortho intramolecular Hbond substituents is 1. The first-order chi connectivity index (χ1) is 22.2. The third kappa shape index (κ3) is 11.9. The first-order valence-corrected chi connectivity index (χ1v) is 14.7. The van der Waals surface area contributed by atoms with Crippen LogP contribution in [0.5, 0.6) is 23.0 Å². The Morgan fingerprint density at radius 1 is 0.587 bits per heavy atom. The SMILES string of the molecule is C=C(C)C(=O)OCCCOc1ccc(-c2ccc(OC(=O)C(C)=O)cc2)cc1.OCCCOc1ccc(-c2ccc(O)cc2)cc1. The van der Waals surface area contributed by atoms with E-state index >= 15 is 0 Å². The van der Waals surface area contributed by atoms with Crippen LogP contribution >= 0.6 is 0 Å². The van der Waals surface area contributed by atoms with Gasteiger partial charge in [-0.15, -0.1) is 0 Å². The van der Waals surface area contributed by atoms with E-state index in [2.05, 4.69) is 6.58 Å². The number of esters is 2. The Labute approximate surface area is 268 Å². The van der Waals surface area contributed by atoms with Gasteiger partial charge in [-0.3, -0.25) is 4.79 Å². The average molecular weight is 627 g/mol. The Balaban J connectivity index is 0.000000275. The lowest BCUT2D eigenvalue weighted by Gasteiger charge is -2.09. The van der Waals surface area contributed by atoms with Crippen molar-refractivity contribution >= 4 is 17.7 Å². The van der Waals surface area contributed by atoms with E-state index in [4.69, 9.17) is 24.1 Å². The van der Waals surface area contributed by atoms with Crippen molar-refractivity contribution in [2.24, 2.45) is 0 Å². The van der Waals surface area contributed by atoms with E-state index in [1.165, 1.54) is 0 Å². The van der Waals surface area contributed by atoms with Gasteiger partial charge in [0, 0.05) is 31.9 Å². The van der Waals surface area contributed by atoms with Crippen molar-refractivity contribution in [2.75, 3.05) is 26.4 Å². The number of aromatic hydroxyl groups is 1. The van der Waals surface area contributed by atoms with Gasteiger partial charge in [0.25, 0.3) is 0 Å². The third-order valence-electron chi connectivity index (χ3n) is 6.31. The zero-order valence-electron chi connectivity index (χ0n) is 25.9. The van der Waals surface area contributed by atoms with Gasteiger partial charge in [-0.1, -0.05) is 55.1 Å². The summed E-state index contributed by atoms with van der Waals surface area (Å²) in [4.78, 5) is 33.5. The number of hydrogen-bond donors (Lipinski definition) is 2. The zero-order valence-corrected chi connectivity index (χ0v) is 25.9. The van der Waals surface area contributed by atoms with Crippen LogP contribution in [0, 0.1) is 0 Å². The smallest absolute Gasteiger partial charge is 0.379 e. The molecule has 0 radical (unpaired) electrons. The number of hydrogen-bond acceptors (Lipinski definition) is 9. The normalized spacial score (nSPS) is 10.2. The summed E-state index contributed by atoms with van der Waals surface area (Å²) in [5, 5.41) is 17.9. The lowest BCUT2D eigenvalue weighted by Crippen LogP contribution is -2.16. The highest BCUT2D eigenvalue weighted by molar-refractivity contribution is 6.33. The zero-order chi connectivity index (χ0) is 33.3. The number of phenols is 1. The second kappa shape index (κ2) is 18.4. The van der Waals surface area contributed by atoms with Crippen molar-refractivity contribution < 1.29 is 43.5 Å². The summed E-state index contributed by atoms with van der Waals surface area (Å²) < 4.78 is 21.0. The van der Waals surface area contributed by atoms with E-state index in [0.717, 1.165) is 34.9 Å². The van der Waals surface area contributed by atoms with Gasteiger partial charge in [-0.2, -0.15) is 0 Å². The highest BCUT2D eigenvalue weighted by Gasteiger charge is 2.10. The Morgan fingerprint density at radius 3 is 1.41 bits per heavy atom. The molecule has 4 aromatic carbocycles. The number of rotatable bonds is 14.